The second kappa shape index (κ2) is 4.25. The fourth-order valence-electron chi connectivity index (χ4n) is 0.313. The third-order valence-electron chi connectivity index (χ3n) is 0.851. The van der Waals surface area contributed by atoms with Gasteiger partial charge in [-0.3, -0.25) is 0 Å². The Balaban J connectivity index is 3.52. The third kappa shape index (κ3) is 2.61. The van der Waals surface area contributed by atoms with E-state index in [2.05, 4.69) is 5.32 Å². The van der Waals surface area contributed by atoms with Gasteiger partial charge < -0.3 is 0 Å². The SMILES string of the molecule is CNC([CH2][Pb])C(=O)O. The van der Waals surface area contributed by atoms with E-state index in [1.165, 1.54) is 0 Å². The van der Waals surface area contributed by atoms with Crippen molar-refractivity contribution >= 4 is 31.7 Å². The number of hydrogen-bond donors (Lipinski definition) is 2. The van der Waals surface area contributed by atoms with Gasteiger partial charge in [-0.15, -0.1) is 0 Å². The first-order valence-electron chi connectivity index (χ1n) is 2.27. The molecule has 0 aromatic carbocycles. The molecular formula is C4H8NO2Pb. The molecule has 0 aliphatic heterocycles. The van der Waals surface area contributed by atoms with E-state index in [9.17, 15) is 4.79 Å². The van der Waals surface area contributed by atoms with Crippen molar-refractivity contribution in [2.75, 3.05) is 7.05 Å². The van der Waals surface area contributed by atoms with E-state index in [1.54, 1.807) is 7.05 Å². The molecule has 0 aliphatic rings. The van der Waals surface area contributed by atoms with Gasteiger partial charge in [-0.2, -0.15) is 0 Å². The zero-order valence-corrected chi connectivity index (χ0v) is 8.53. The van der Waals surface area contributed by atoms with Gasteiger partial charge in [0.25, 0.3) is 0 Å². The molecule has 0 fully saturated rings. The number of carboxylic acid groups (broad SMARTS) is 1. The van der Waals surface area contributed by atoms with Gasteiger partial charge >= 0.3 is 64.0 Å². The maximum absolute atomic E-state index is 10.1. The molecule has 0 aliphatic carbocycles. The molecule has 0 saturated carbocycles. The van der Waals surface area contributed by atoms with E-state index >= 15 is 0 Å². The van der Waals surface area contributed by atoms with Gasteiger partial charge in [0.1, 0.15) is 0 Å². The molecule has 8 heavy (non-hydrogen) atoms. The molecule has 0 spiro atoms. The van der Waals surface area contributed by atoms with Crippen LogP contribution in [0.25, 0.3) is 0 Å². The van der Waals surface area contributed by atoms with Crippen LogP contribution >= 0.6 is 0 Å². The first-order valence-corrected chi connectivity index (χ1v) is 5.02. The topological polar surface area (TPSA) is 49.3 Å². The third-order valence-corrected chi connectivity index (χ3v) is 2.44. The van der Waals surface area contributed by atoms with Gasteiger partial charge in [0.15, 0.2) is 0 Å². The average molecular weight is 309 g/mol. The average Bonchev–Trinajstić information content (AvgIpc) is 1.69. The van der Waals surface area contributed by atoms with Crippen LogP contribution in [0.3, 0.4) is 0 Å². The minimum absolute atomic E-state index is 0.318. The number of carboxylic acids is 1. The van der Waals surface area contributed by atoms with Crippen molar-refractivity contribution in [1.82, 2.24) is 5.32 Å². The summed E-state index contributed by atoms with van der Waals surface area (Å²) >= 11 is 0.936. The second-order valence-corrected chi connectivity index (χ2v) is 2.97. The molecule has 0 heterocycles. The Bertz CT molecular complexity index is 82.1. The monoisotopic (exact) mass is 310 g/mol. The summed E-state index contributed by atoms with van der Waals surface area (Å²) in [5.74, 6) is -0.748. The van der Waals surface area contributed by atoms with Gasteiger partial charge in [0.05, 0.1) is 0 Å². The Kier molecular flexibility index (Phi) is 4.44. The number of hydrogen-bond acceptors (Lipinski definition) is 2. The second-order valence-electron chi connectivity index (χ2n) is 1.38. The van der Waals surface area contributed by atoms with Crippen LogP contribution < -0.4 is 5.32 Å². The van der Waals surface area contributed by atoms with Crippen molar-refractivity contribution in [3.8, 4) is 0 Å². The van der Waals surface area contributed by atoms with Crippen molar-refractivity contribution in [3.05, 3.63) is 0 Å². The molecule has 0 amide bonds. The number of nitrogens with one attached hydrogen (secondary N) is 1. The molecule has 2 N–H and O–H groups in total. The van der Waals surface area contributed by atoms with E-state index < -0.39 is 5.97 Å². The number of likely N-dealkylation sites (N-methyl/N-ethyl adjacent to an activating group) is 1. The molecule has 0 rings (SSSR count). The molecule has 0 saturated heterocycles. The fraction of sp³-hybridized carbons (Fsp3) is 0.750. The molecule has 4 heteroatoms. The van der Waals surface area contributed by atoms with Crippen molar-refractivity contribution in [3.63, 3.8) is 0 Å². The van der Waals surface area contributed by atoms with E-state index in [4.69, 9.17) is 5.11 Å². The standard InChI is InChI=1S/C4H8NO2.Pb/c1-3(5-2)4(6)7;/h3,5H,1H2,2H3,(H,6,7);. The predicted molar refractivity (Wildman–Crippen MR) is 31.0 cm³/mol. The summed E-state index contributed by atoms with van der Waals surface area (Å²) in [4.78, 5) is 10.1. The zero-order valence-electron chi connectivity index (χ0n) is 4.64. The fourth-order valence-corrected chi connectivity index (χ4v) is 1.79. The first-order chi connectivity index (χ1) is 3.72. The molecule has 3 radical (unpaired) electrons. The van der Waals surface area contributed by atoms with Gasteiger partial charge in [-0.05, 0) is 0 Å². The Morgan fingerprint density at radius 2 is 2.50 bits per heavy atom. The van der Waals surface area contributed by atoms with E-state index in [1.807, 2.05) is 0 Å². The van der Waals surface area contributed by atoms with Crippen LogP contribution in [0.5, 0.6) is 0 Å². The molecule has 0 aromatic heterocycles. The van der Waals surface area contributed by atoms with Crippen LogP contribution in [0.1, 0.15) is 0 Å². The predicted octanol–water partition coefficient (Wildman–Crippen LogP) is -0.754. The van der Waals surface area contributed by atoms with Crippen LogP contribution in [-0.2, 0) is 4.79 Å². The summed E-state index contributed by atoms with van der Waals surface area (Å²) < 4.78 is 0.770. The van der Waals surface area contributed by atoms with E-state index in [-0.39, 0.29) is 6.04 Å². The van der Waals surface area contributed by atoms with Crippen LogP contribution in [0.2, 0.25) is 3.98 Å². The summed E-state index contributed by atoms with van der Waals surface area (Å²) in [5.41, 5.74) is 0. The number of carbonyl (C=O) groups is 1. The van der Waals surface area contributed by atoms with Gasteiger partial charge in [0, 0.05) is 0 Å². The molecule has 1 atom stereocenters. The van der Waals surface area contributed by atoms with Crippen molar-refractivity contribution in [2.45, 2.75) is 10.0 Å². The van der Waals surface area contributed by atoms with Crippen LogP contribution in [0.15, 0.2) is 0 Å². The van der Waals surface area contributed by atoms with Crippen molar-refractivity contribution in [2.24, 2.45) is 0 Å². The molecular weight excluding hydrogens is 301 g/mol. The summed E-state index contributed by atoms with van der Waals surface area (Å²) in [5, 5.41) is 11.0. The van der Waals surface area contributed by atoms with Crippen molar-refractivity contribution < 1.29 is 9.90 Å². The summed E-state index contributed by atoms with van der Waals surface area (Å²) in [6.07, 6.45) is 0. The molecule has 1 unspecified atom stereocenters. The molecule has 45 valence electrons. The van der Waals surface area contributed by atoms with E-state index in [0.29, 0.717) is 0 Å². The normalized spacial score (nSPS) is 13.2. The summed E-state index contributed by atoms with van der Waals surface area (Å²) in [7, 11) is 1.66. The molecule has 3 nitrogen and oxygen atoms in total. The minimum atomic E-state index is -0.748. The summed E-state index contributed by atoms with van der Waals surface area (Å²) in [6, 6.07) is -0.318. The first kappa shape index (κ1) is 8.35. The molecule has 0 aromatic rings. The Labute approximate surface area is 64.1 Å². The number of rotatable bonds is 3. The van der Waals surface area contributed by atoms with E-state index in [0.717, 1.165) is 29.7 Å². The summed E-state index contributed by atoms with van der Waals surface area (Å²) in [6.45, 7) is 0. The maximum atomic E-state index is 10.1. The van der Waals surface area contributed by atoms with Gasteiger partial charge in [-0.25, -0.2) is 0 Å². The Morgan fingerprint density at radius 1 is 2.00 bits per heavy atom. The Morgan fingerprint density at radius 3 is 2.50 bits per heavy atom. The zero-order chi connectivity index (χ0) is 6.57. The van der Waals surface area contributed by atoms with Gasteiger partial charge in [-0.1, -0.05) is 0 Å². The van der Waals surface area contributed by atoms with Crippen LogP contribution in [0, 0.1) is 0 Å². The molecule has 0 bridgehead atoms. The van der Waals surface area contributed by atoms with Crippen LogP contribution in [-0.4, -0.2) is 49.9 Å². The van der Waals surface area contributed by atoms with Crippen molar-refractivity contribution in [1.29, 1.82) is 0 Å². The number of aliphatic carboxylic acids is 1. The van der Waals surface area contributed by atoms with Gasteiger partial charge in [0.2, 0.25) is 0 Å². The quantitative estimate of drug-likeness (QED) is 0.674. The van der Waals surface area contributed by atoms with Crippen LogP contribution in [0.4, 0.5) is 0 Å². The Hall–Kier alpha value is 0.352.